The van der Waals surface area contributed by atoms with Crippen molar-refractivity contribution in [3.05, 3.63) is 0 Å². The van der Waals surface area contributed by atoms with E-state index in [2.05, 4.69) is 0 Å². The molecule has 1 aliphatic heterocycles. The first-order valence-electron chi connectivity index (χ1n) is 4.90. The van der Waals surface area contributed by atoms with Gasteiger partial charge >= 0.3 is 5.97 Å². The number of nitrogens with two attached hydrogens (primary N) is 2. The van der Waals surface area contributed by atoms with Crippen LogP contribution < -0.4 is 16.8 Å². The lowest BCUT2D eigenvalue weighted by molar-refractivity contribution is -0.961. The number of carboxylic acids is 2. The maximum absolute atomic E-state index is 10.7. The molecule has 8 heteroatoms. The van der Waals surface area contributed by atoms with Gasteiger partial charge in [0, 0.05) is 0 Å². The molecule has 0 spiro atoms. The molecule has 0 bridgehead atoms. The minimum Gasteiger partial charge on any atom is -0.544 e. The van der Waals surface area contributed by atoms with E-state index in [1.165, 1.54) is 5.01 Å². The summed E-state index contributed by atoms with van der Waals surface area (Å²) in [4.78, 5) is 21.2. The summed E-state index contributed by atoms with van der Waals surface area (Å²) < 4.78 is -0.331. The molecule has 1 aliphatic rings. The Morgan fingerprint density at radius 1 is 1.56 bits per heavy atom. The highest BCUT2D eigenvalue weighted by Crippen LogP contribution is 2.16. The summed E-state index contributed by atoms with van der Waals surface area (Å²) in [6.45, 7) is 0.587. The SMILES string of the molecule is NN1CC[N+](N)(CC(=O)[O-])C(CC(=O)O)C1. The lowest BCUT2D eigenvalue weighted by atomic mass is 10.1. The summed E-state index contributed by atoms with van der Waals surface area (Å²) in [6.07, 6.45) is -0.211. The topological polar surface area (TPSA) is 133 Å². The standard InChI is InChI=1S/C8H16N4O4/c9-11-1-2-12(10,5-8(15)16)6(4-11)3-7(13)14/h6H,1-5,9-10H2,(H-,13,14,15,16). The molecule has 1 heterocycles. The zero-order valence-electron chi connectivity index (χ0n) is 8.83. The fourth-order valence-corrected chi connectivity index (χ4v) is 1.92. The Balaban J connectivity index is 2.77. The molecule has 0 aromatic carbocycles. The average Bonchev–Trinajstić information content (AvgIpc) is 2.10. The maximum Gasteiger partial charge on any atom is 0.309 e. The number of carbonyl (C=O) groups excluding carboxylic acids is 1. The van der Waals surface area contributed by atoms with E-state index in [0.29, 0.717) is 13.1 Å². The zero-order chi connectivity index (χ0) is 12.3. The minimum atomic E-state index is -1.29. The summed E-state index contributed by atoms with van der Waals surface area (Å²) in [5.74, 6) is 9.14. The Labute approximate surface area is 92.5 Å². The van der Waals surface area contributed by atoms with Gasteiger partial charge in [-0.3, -0.25) is 10.6 Å². The number of nitrogens with zero attached hydrogens (tertiary/aromatic N) is 2. The van der Waals surface area contributed by atoms with Crippen LogP contribution in [0, 0.1) is 0 Å². The van der Waals surface area contributed by atoms with Gasteiger partial charge in [0.2, 0.25) is 0 Å². The monoisotopic (exact) mass is 232 g/mol. The second-order valence-electron chi connectivity index (χ2n) is 4.10. The molecule has 0 aliphatic carbocycles. The molecule has 2 atom stereocenters. The second-order valence-corrected chi connectivity index (χ2v) is 4.10. The predicted octanol–water partition coefficient (Wildman–Crippen LogP) is -3.54. The van der Waals surface area contributed by atoms with Crippen molar-refractivity contribution in [3.8, 4) is 0 Å². The van der Waals surface area contributed by atoms with Gasteiger partial charge in [-0.15, -0.1) is 0 Å². The normalized spacial score (nSPS) is 31.2. The van der Waals surface area contributed by atoms with E-state index in [9.17, 15) is 14.7 Å². The van der Waals surface area contributed by atoms with Crippen LogP contribution >= 0.6 is 0 Å². The Morgan fingerprint density at radius 3 is 2.69 bits per heavy atom. The molecular formula is C8H16N4O4. The number of carbonyl (C=O) groups is 2. The van der Waals surface area contributed by atoms with Gasteiger partial charge in [0.15, 0.2) is 0 Å². The Morgan fingerprint density at radius 2 is 2.19 bits per heavy atom. The first kappa shape index (κ1) is 12.8. The number of hydrogen-bond donors (Lipinski definition) is 3. The third-order valence-corrected chi connectivity index (χ3v) is 2.81. The van der Waals surface area contributed by atoms with Crippen LogP contribution in [0.5, 0.6) is 0 Å². The number of quaternary nitrogens is 1. The molecule has 92 valence electrons. The molecule has 0 aromatic heterocycles. The predicted molar refractivity (Wildman–Crippen MR) is 51.0 cm³/mol. The highest BCUT2D eigenvalue weighted by atomic mass is 16.4. The molecule has 0 radical (unpaired) electrons. The Kier molecular flexibility index (Phi) is 3.81. The summed E-state index contributed by atoms with van der Waals surface area (Å²) >= 11 is 0. The molecule has 1 rings (SSSR count). The molecule has 2 unspecified atom stereocenters. The number of hydrogen-bond acceptors (Lipinski definition) is 6. The highest BCUT2D eigenvalue weighted by Gasteiger charge is 2.40. The van der Waals surface area contributed by atoms with Crippen LogP contribution in [-0.4, -0.2) is 58.9 Å². The van der Waals surface area contributed by atoms with Gasteiger partial charge in [0.05, 0.1) is 19.1 Å². The molecular weight excluding hydrogens is 216 g/mol. The van der Waals surface area contributed by atoms with E-state index < -0.39 is 24.5 Å². The van der Waals surface area contributed by atoms with Crippen molar-refractivity contribution in [1.29, 1.82) is 0 Å². The number of rotatable bonds is 4. The maximum atomic E-state index is 10.7. The van der Waals surface area contributed by atoms with Gasteiger partial charge in [0.1, 0.15) is 25.6 Å². The quantitative estimate of drug-likeness (QED) is 0.337. The Hall–Kier alpha value is -1.22. The van der Waals surface area contributed by atoms with E-state index in [1.807, 2.05) is 0 Å². The van der Waals surface area contributed by atoms with Gasteiger partial charge < -0.3 is 15.0 Å². The summed E-state index contributed by atoms with van der Waals surface area (Å²) in [6, 6.07) is -0.533. The Bertz CT molecular complexity index is 298. The molecule has 16 heavy (non-hydrogen) atoms. The van der Waals surface area contributed by atoms with E-state index >= 15 is 0 Å². The average molecular weight is 232 g/mol. The molecule has 0 amide bonds. The second kappa shape index (κ2) is 4.74. The molecule has 5 N–H and O–H groups in total. The zero-order valence-corrected chi connectivity index (χ0v) is 8.83. The van der Waals surface area contributed by atoms with Crippen LogP contribution in [0.15, 0.2) is 0 Å². The van der Waals surface area contributed by atoms with Crippen LogP contribution in [0.4, 0.5) is 0 Å². The molecule has 0 saturated carbocycles. The van der Waals surface area contributed by atoms with Crippen molar-refractivity contribution in [1.82, 2.24) is 5.01 Å². The van der Waals surface area contributed by atoms with Crippen LogP contribution in [0.2, 0.25) is 0 Å². The molecule has 0 aromatic rings. The fourth-order valence-electron chi connectivity index (χ4n) is 1.92. The molecule has 1 fully saturated rings. The summed E-state index contributed by atoms with van der Waals surface area (Å²) in [5.41, 5.74) is 0. The number of carboxylic acid groups (broad SMARTS) is 2. The molecule has 8 nitrogen and oxygen atoms in total. The van der Waals surface area contributed by atoms with Crippen molar-refractivity contribution >= 4 is 11.9 Å². The van der Waals surface area contributed by atoms with Crippen LogP contribution in [0.3, 0.4) is 0 Å². The van der Waals surface area contributed by atoms with Gasteiger partial charge in [-0.05, 0) is 0 Å². The van der Waals surface area contributed by atoms with Crippen molar-refractivity contribution < 1.29 is 24.4 Å². The number of piperazine rings is 1. The lowest BCUT2D eigenvalue weighted by Gasteiger charge is -2.45. The smallest absolute Gasteiger partial charge is 0.309 e. The molecule has 1 saturated heterocycles. The first-order chi connectivity index (χ1) is 7.33. The third-order valence-electron chi connectivity index (χ3n) is 2.81. The fraction of sp³-hybridized carbons (Fsp3) is 0.750. The van der Waals surface area contributed by atoms with Crippen LogP contribution in [-0.2, 0) is 9.59 Å². The number of aliphatic carboxylic acids is 2. The van der Waals surface area contributed by atoms with Crippen LogP contribution in [0.1, 0.15) is 6.42 Å². The van der Waals surface area contributed by atoms with E-state index in [0.717, 1.165) is 0 Å². The third kappa shape index (κ3) is 3.14. The van der Waals surface area contributed by atoms with Crippen LogP contribution in [0.25, 0.3) is 0 Å². The van der Waals surface area contributed by atoms with E-state index in [1.54, 1.807) is 0 Å². The minimum absolute atomic E-state index is 0.211. The lowest BCUT2D eigenvalue weighted by Crippen LogP contribution is -2.72. The first-order valence-corrected chi connectivity index (χ1v) is 4.90. The largest absolute Gasteiger partial charge is 0.544 e. The van der Waals surface area contributed by atoms with Gasteiger partial charge in [-0.2, -0.15) is 5.84 Å². The highest BCUT2D eigenvalue weighted by molar-refractivity contribution is 5.68. The van der Waals surface area contributed by atoms with Crippen molar-refractivity contribution in [2.24, 2.45) is 11.7 Å². The van der Waals surface area contributed by atoms with Gasteiger partial charge in [-0.1, -0.05) is 0 Å². The van der Waals surface area contributed by atoms with Crippen molar-refractivity contribution in [3.63, 3.8) is 0 Å². The summed E-state index contributed by atoms with van der Waals surface area (Å²) in [5, 5.41) is 20.8. The van der Waals surface area contributed by atoms with Gasteiger partial charge in [0.25, 0.3) is 0 Å². The van der Waals surface area contributed by atoms with Gasteiger partial charge in [-0.25, -0.2) is 9.60 Å². The van der Waals surface area contributed by atoms with Crippen molar-refractivity contribution in [2.75, 3.05) is 26.2 Å². The summed E-state index contributed by atoms with van der Waals surface area (Å²) in [7, 11) is 0. The van der Waals surface area contributed by atoms with E-state index in [-0.39, 0.29) is 17.6 Å². The van der Waals surface area contributed by atoms with Crippen molar-refractivity contribution in [2.45, 2.75) is 12.5 Å². The van der Waals surface area contributed by atoms with E-state index in [4.69, 9.17) is 16.8 Å². The number of hydrazine groups is 1.